The molecule has 3 N–H and O–H groups in total. The van der Waals surface area contributed by atoms with E-state index in [4.69, 9.17) is 4.74 Å². The van der Waals surface area contributed by atoms with Gasteiger partial charge in [-0.15, -0.1) is 0 Å². The van der Waals surface area contributed by atoms with Gasteiger partial charge in [-0.25, -0.2) is 0 Å². The second kappa shape index (κ2) is 13.3. The maximum absolute atomic E-state index is 14.1. The fourth-order valence-electron chi connectivity index (χ4n) is 5.30. The van der Waals surface area contributed by atoms with Crippen molar-refractivity contribution >= 4 is 11.6 Å². The van der Waals surface area contributed by atoms with E-state index in [9.17, 15) is 28.2 Å². The first-order chi connectivity index (χ1) is 19.2. The van der Waals surface area contributed by atoms with E-state index < -0.39 is 29.7 Å². The molecule has 0 fully saturated rings. The summed E-state index contributed by atoms with van der Waals surface area (Å²) in [6.07, 6.45) is -4.86. The zero-order valence-electron chi connectivity index (χ0n) is 22.4. The summed E-state index contributed by atoms with van der Waals surface area (Å²) in [5.74, 6) is -0.883. The molecule has 4 rings (SSSR count). The van der Waals surface area contributed by atoms with Crippen molar-refractivity contribution < 1.29 is 32.9 Å². The van der Waals surface area contributed by atoms with Gasteiger partial charge in [0, 0.05) is 31.3 Å². The van der Waals surface area contributed by atoms with E-state index >= 15 is 0 Å². The van der Waals surface area contributed by atoms with Gasteiger partial charge in [-0.05, 0) is 72.7 Å². The summed E-state index contributed by atoms with van der Waals surface area (Å²) in [6.45, 7) is 0.993. The van der Waals surface area contributed by atoms with Gasteiger partial charge in [0.25, 0.3) is 5.91 Å². The fourth-order valence-corrected chi connectivity index (χ4v) is 5.30. The van der Waals surface area contributed by atoms with Crippen molar-refractivity contribution in [1.29, 1.82) is 0 Å². The molecule has 0 aliphatic carbocycles. The molecule has 0 radical (unpaired) electrons. The van der Waals surface area contributed by atoms with Gasteiger partial charge in [0.1, 0.15) is 11.9 Å². The van der Waals surface area contributed by atoms with Gasteiger partial charge in [-0.2, -0.15) is 13.2 Å². The Morgan fingerprint density at radius 1 is 1.02 bits per heavy atom. The molecule has 3 atom stereocenters. The number of aliphatic hydroxyl groups is 2. The van der Waals surface area contributed by atoms with Crippen LogP contribution in [-0.4, -0.2) is 55.6 Å². The number of carbonyl (C=O) groups excluding carboxylic acids is 1. The Labute approximate surface area is 232 Å². The van der Waals surface area contributed by atoms with Gasteiger partial charge in [-0.3, -0.25) is 4.79 Å². The number of hydrogen-bond donors (Lipinski definition) is 3. The average Bonchev–Trinajstić information content (AvgIpc) is 3.06. The Bertz CT molecular complexity index is 1250. The van der Waals surface area contributed by atoms with Gasteiger partial charge in [0.05, 0.1) is 12.7 Å². The highest BCUT2D eigenvalue weighted by Gasteiger charge is 2.41. The summed E-state index contributed by atoms with van der Waals surface area (Å²) in [4.78, 5) is 14.8. The van der Waals surface area contributed by atoms with Crippen LogP contribution < -0.4 is 15.0 Å². The van der Waals surface area contributed by atoms with E-state index in [1.807, 2.05) is 30.3 Å². The normalized spacial score (nSPS) is 18.2. The first kappa shape index (κ1) is 29.6. The quantitative estimate of drug-likeness (QED) is 0.302. The van der Waals surface area contributed by atoms with Crippen LogP contribution in [0.25, 0.3) is 0 Å². The van der Waals surface area contributed by atoms with Crippen LogP contribution in [0.4, 0.5) is 18.9 Å². The second-order valence-corrected chi connectivity index (χ2v) is 10.1. The van der Waals surface area contributed by atoms with E-state index in [1.54, 1.807) is 24.3 Å². The highest BCUT2D eigenvalue weighted by atomic mass is 19.4. The molecule has 0 saturated carbocycles. The van der Waals surface area contributed by atoms with Crippen LogP contribution >= 0.6 is 0 Å². The molecule has 1 aliphatic rings. The van der Waals surface area contributed by atoms with Gasteiger partial charge in [0.15, 0.2) is 0 Å². The number of ether oxygens (including phenoxy) is 1. The Balaban J connectivity index is 1.50. The summed E-state index contributed by atoms with van der Waals surface area (Å²) < 4.78 is 47.4. The molecule has 1 heterocycles. The maximum atomic E-state index is 14.1. The topological polar surface area (TPSA) is 82.0 Å². The molecule has 0 bridgehead atoms. The molecule has 0 spiro atoms. The number of nitrogens with one attached hydrogen (secondary N) is 1. The summed E-state index contributed by atoms with van der Waals surface area (Å²) in [5.41, 5.74) is 1.03. The maximum Gasteiger partial charge on any atom is 0.416 e. The highest BCUT2D eigenvalue weighted by molar-refractivity contribution is 5.99. The Hall–Kier alpha value is -3.40. The van der Waals surface area contributed by atoms with Crippen LogP contribution in [0.15, 0.2) is 72.8 Å². The van der Waals surface area contributed by atoms with Crippen LogP contribution in [0.2, 0.25) is 0 Å². The van der Waals surface area contributed by atoms with E-state index in [0.29, 0.717) is 30.8 Å². The standard InChI is InChI=1S/C31H35F3N2O4/c1-40-24-12-10-23(11-13-24)25-19-26-27(31(32,33)34)8-5-9-28(26)36(30(39)29(25)38)17-16-35-15-14-22(20-37)18-21-6-3-2-4-7-21/h2-13,22,25,29,35,37-38H,14-20H2,1H3/t22-,25-,29+/m1/s1. The molecule has 1 amide bonds. The number of methoxy groups -OCH3 is 1. The van der Waals surface area contributed by atoms with Crippen LogP contribution in [0.1, 0.15) is 34.6 Å². The molecule has 3 aromatic carbocycles. The van der Waals surface area contributed by atoms with E-state index in [0.717, 1.165) is 18.1 Å². The molecule has 3 aromatic rings. The summed E-state index contributed by atoms with van der Waals surface area (Å²) in [5, 5.41) is 24.2. The van der Waals surface area contributed by atoms with E-state index in [2.05, 4.69) is 5.32 Å². The number of benzene rings is 3. The lowest BCUT2D eigenvalue weighted by atomic mass is 9.86. The molecule has 0 aromatic heterocycles. The van der Waals surface area contributed by atoms with Crippen molar-refractivity contribution in [2.75, 3.05) is 38.3 Å². The number of anilines is 1. The van der Waals surface area contributed by atoms with Gasteiger partial charge >= 0.3 is 6.18 Å². The Kier molecular flexibility index (Phi) is 9.84. The van der Waals surface area contributed by atoms with Crippen molar-refractivity contribution in [2.45, 2.75) is 37.5 Å². The summed E-state index contributed by atoms with van der Waals surface area (Å²) in [6, 6.07) is 20.3. The highest BCUT2D eigenvalue weighted by Crippen LogP contribution is 2.42. The zero-order valence-corrected chi connectivity index (χ0v) is 22.4. The van der Waals surface area contributed by atoms with E-state index in [1.165, 1.54) is 24.1 Å². The summed E-state index contributed by atoms with van der Waals surface area (Å²) >= 11 is 0. The molecular formula is C31H35F3N2O4. The molecule has 1 aliphatic heterocycles. The molecule has 214 valence electrons. The minimum absolute atomic E-state index is 0.0103. The summed E-state index contributed by atoms with van der Waals surface area (Å²) in [7, 11) is 1.50. The number of hydrogen-bond acceptors (Lipinski definition) is 5. The van der Waals surface area contributed by atoms with E-state index in [-0.39, 0.29) is 36.7 Å². The largest absolute Gasteiger partial charge is 0.497 e. The molecule has 6 nitrogen and oxygen atoms in total. The average molecular weight is 557 g/mol. The number of carbonyl (C=O) groups is 1. The number of amides is 1. The lowest BCUT2D eigenvalue weighted by Crippen LogP contribution is -2.44. The van der Waals surface area contributed by atoms with Crippen molar-refractivity contribution in [2.24, 2.45) is 5.92 Å². The lowest BCUT2D eigenvalue weighted by molar-refractivity contribution is -0.138. The molecule has 0 saturated heterocycles. The molecule has 0 unspecified atom stereocenters. The van der Waals surface area contributed by atoms with Gasteiger partial charge in [-0.1, -0.05) is 48.5 Å². The number of rotatable bonds is 11. The van der Waals surface area contributed by atoms with Crippen molar-refractivity contribution in [1.82, 2.24) is 5.32 Å². The molecular weight excluding hydrogens is 521 g/mol. The Morgan fingerprint density at radius 2 is 1.75 bits per heavy atom. The third-order valence-electron chi connectivity index (χ3n) is 7.48. The predicted molar refractivity (Wildman–Crippen MR) is 147 cm³/mol. The van der Waals surface area contributed by atoms with Crippen molar-refractivity contribution in [3.8, 4) is 5.75 Å². The third-order valence-corrected chi connectivity index (χ3v) is 7.48. The van der Waals surface area contributed by atoms with Gasteiger partial charge < -0.3 is 25.2 Å². The lowest BCUT2D eigenvalue weighted by Gasteiger charge is -2.26. The monoisotopic (exact) mass is 556 g/mol. The number of aliphatic hydroxyl groups excluding tert-OH is 2. The minimum atomic E-state index is -4.61. The first-order valence-electron chi connectivity index (χ1n) is 13.4. The molecule has 40 heavy (non-hydrogen) atoms. The number of nitrogens with zero attached hydrogens (tertiary/aromatic N) is 1. The Morgan fingerprint density at radius 3 is 2.40 bits per heavy atom. The third kappa shape index (κ3) is 7.02. The SMILES string of the molecule is COc1ccc([C@H]2Cc3c(cccc3C(F)(F)F)N(CCNCC[C@@H](CO)Cc3ccccc3)C(=O)[C@H]2O)cc1. The molecule has 9 heteroatoms. The number of halogens is 3. The smallest absolute Gasteiger partial charge is 0.416 e. The van der Waals surface area contributed by atoms with Gasteiger partial charge in [0.2, 0.25) is 0 Å². The predicted octanol–water partition coefficient (Wildman–Crippen LogP) is 4.58. The minimum Gasteiger partial charge on any atom is -0.497 e. The van der Waals surface area contributed by atoms with Crippen LogP contribution in [0.5, 0.6) is 5.75 Å². The number of alkyl halides is 3. The zero-order chi connectivity index (χ0) is 28.7. The van der Waals surface area contributed by atoms with Crippen LogP contribution in [0, 0.1) is 5.92 Å². The first-order valence-corrected chi connectivity index (χ1v) is 13.4. The second-order valence-electron chi connectivity index (χ2n) is 10.1. The van der Waals surface area contributed by atoms with Crippen LogP contribution in [0.3, 0.4) is 0 Å². The van der Waals surface area contributed by atoms with Crippen LogP contribution in [-0.2, 0) is 23.8 Å². The fraction of sp³-hybridized carbons (Fsp3) is 0.387. The van der Waals surface area contributed by atoms with Crippen molar-refractivity contribution in [3.05, 3.63) is 95.1 Å². The van der Waals surface area contributed by atoms with Crippen molar-refractivity contribution in [3.63, 3.8) is 0 Å². The number of fused-ring (bicyclic) bond motifs is 1.